The highest BCUT2D eigenvalue weighted by Crippen LogP contribution is 2.34. The summed E-state index contributed by atoms with van der Waals surface area (Å²) in [5, 5.41) is 72.1. The molecule has 2 aliphatic heterocycles. The van der Waals surface area contributed by atoms with E-state index in [1.54, 1.807) is 38.8 Å². The zero-order valence-corrected chi connectivity index (χ0v) is 54.6. The summed E-state index contributed by atoms with van der Waals surface area (Å²) >= 11 is 2.66. The maximum atomic E-state index is 15.3. The number of likely N-dealkylation sites (tertiary alicyclic amines) is 1. The number of para-hydroxylation sites is 1. The smallest absolute Gasteiger partial charge is 0.410 e. The lowest BCUT2D eigenvalue weighted by Gasteiger charge is -2.39. The SMILES string of the molecule is Cc1cc(N(C)c2nc(C(=O)O)c(CCCOc3ccc(C#CCN(C)C(=O)OCc4ccc(NC(=O)[C@H](C)NC(=O)[C@@H](NC(=O)CCOCCN5C(=O)CC(C)C5=O)C(C)C)cc4CC[C@@H]4O[C@H](C(=O)O)[C@@H](O)[C@H](O)[C@H]4O)cc3F)s2)nnc1Nc1nc2ccccc2s1. The highest BCUT2D eigenvalue weighted by Gasteiger charge is 2.46. The quantitative estimate of drug-likeness (QED) is 0.0168. The number of benzene rings is 3. The summed E-state index contributed by atoms with van der Waals surface area (Å²) in [5.74, 6) is -0.206. The number of anilines is 5. The number of aliphatic carboxylic acids is 1. The minimum atomic E-state index is -1.92. The topological polar surface area (TPSA) is 384 Å². The number of thiazole rings is 2. The first-order valence-corrected chi connectivity index (χ1v) is 32.0. The van der Waals surface area contributed by atoms with Crippen molar-refractivity contribution in [3.8, 4) is 17.6 Å². The number of amides is 6. The molecule has 9 N–H and O–H groups in total. The van der Waals surface area contributed by atoms with Crippen LogP contribution >= 0.6 is 22.7 Å². The van der Waals surface area contributed by atoms with E-state index >= 15 is 4.39 Å². The molecule has 28 nitrogen and oxygen atoms in total. The van der Waals surface area contributed by atoms with E-state index in [9.17, 15) is 63.9 Å². The Bertz CT molecular complexity index is 3850. The van der Waals surface area contributed by atoms with E-state index in [-0.39, 0.29) is 106 Å². The number of aromatic nitrogens is 4. The zero-order valence-electron chi connectivity index (χ0n) is 53.0. The van der Waals surface area contributed by atoms with Crippen molar-refractivity contribution < 1.29 is 87.2 Å². The molecule has 0 saturated carbocycles. The number of nitrogens with one attached hydrogen (secondary N) is 4. The fourth-order valence-corrected chi connectivity index (χ4v) is 12.0. The van der Waals surface area contributed by atoms with Gasteiger partial charge in [-0.1, -0.05) is 62.1 Å². The van der Waals surface area contributed by atoms with Crippen LogP contribution in [0.2, 0.25) is 0 Å². The summed E-state index contributed by atoms with van der Waals surface area (Å²) in [5.41, 5.74) is 2.79. The van der Waals surface area contributed by atoms with Crippen LogP contribution in [0.25, 0.3) is 10.2 Å². The molecule has 8 rings (SSSR count). The number of aromatic carboxylic acids is 1. The van der Waals surface area contributed by atoms with Crippen molar-refractivity contribution in [2.45, 2.75) is 122 Å². The van der Waals surface area contributed by atoms with Gasteiger partial charge >= 0.3 is 18.0 Å². The molecule has 95 heavy (non-hydrogen) atoms. The van der Waals surface area contributed by atoms with Crippen LogP contribution in [0.4, 0.5) is 36.8 Å². The molecule has 2 saturated heterocycles. The molecule has 5 heterocycles. The first-order valence-electron chi connectivity index (χ1n) is 30.4. The van der Waals surface area contributed by atoms with Crippen molar-refractivity contribution in [3.05, 3.63) is 105 Å². The Kier molecular flexibility index (Phi) is 24.6. The molecule has 0 aliphatic carbocycles. The van der Waals surface area contributed by atoms with Gasteiger partial charge in [0.05, 0.1) is 49.2 Å². The lowest BCUT2D eigenvalue weighted by Crippen LogP contribution is -2.59. The minimum absolute atomic E-state index is 0.0150. The normalized spacial score (nSPS) is 18.3. The van der Waals surface area contributed by atoms with Gasteiger partial charge < -0.3 is 75.5 Å². The number of rotatable bonds is 29. The van der Waals surface area contributed by atoms with Gasteiger partial charge in [-0.15, -0.1) is 21.5 Å². The molecule has 2 fully saturated rings. The van der Waals surface area contributed by atoms with E-state index in [0.717, 1.165) is 31.6 Å². The highest BCUT2D eigenvalue weighted by molar-refractivity contribution is 7.22. The molecule has 0 radical (unpaired) electrons. The number of nitrogens with zero attached hydrogens (tertiary/aromatic N) is 7. The van der Waals surface area contributed by atoms with Crippen molar-refractivity contribution in [2.75, 3.05) is 62.5 Å². The van der Waals surface area contributed by atoms with Gasteiger partial charge in [-0.05, 0) is 111 Å². The molecule has 506 valence electrons. The van der Waals surface area contributed by atoms with E-state index in [4.69, 9.17) is 18.9 Å². The summed E-state index contributed by atoms with van der Waals surface area (Å²) in [6.07, 6.45) is -9.00. The number of hydrogen-bond donors (Lipinski definition) is 9. The number of carboxylic acid groups (broad SMARTS) is 2. The largest absolute Gasteiger partial charge is 0.491 e. The molecule has 3 aromatic heterocycles. The Hall–Kier alpha value is -9.29. The van der Waals surface area contributed by atoms with E-state index in [0.29, 0.717) is 44.3 Å². The van der Waals surface area contributed by atoms with Crippen molar-refractivity contribution in [2.24, 2.45) is 11.8 Å². The second-order valence-electron chi connectivity index (χ2n) is 23.1. The second kappa shape index (κ2) is 32.7. The number of aliphatic hydroxyl groups excluding tert-OH is 3. The third-order valence-corrected chi connectivity index (χ3v) is 17.7. The molecule has 31 heteroatoms. The first kappa shape index (κ1) is 71.6. The first-order chi connectivity index (χ1) is 45.3. The summed E-state index contributed by atoms with van der Waals surface area (Å²) in [7, 11) is 3.12. The zero-order chi connectivity index (χ0) is 68.8. The summed E-state index contributed by atoms with van der Waals surface area (Å²) < 4.78 is 38.7. The molecule has 3 aromatic carbocycles. The maximum Gasteiger partial charge on any atom is 0.410 e. The summed E-state index contributed by atoms with van der Waals surface area (Å²) in [6.45, 7) is 7.92. The summed E-state index contributed by atoms with van der Waals surface area (Å²) in [4.78, 5) is 115. The van der Waals surface area contributed by atoms with E-state index < -0.39 is 96.0 Å². The van der Waals surface area contributed by atoms with Crippen molar-refractivity contribution in [1.82, 2.24) is 40.6 Å². The molecule has 6 amide bonds. The van der Waals surface area contributed by atoms with Crippen LogP contribution < -0.4 is 30.9 Å². The molecule has 1 unspecified atom stereocenters. The number of hydrogen-bond acceptors (Lipinski definition) is 23. The van der Waals surface area contributed by atoms with Crippen LogP contribution in [0.5, 0.6) is 5.75 Å². The van der Waals surface area contributed by atoms with Crippen molar-refractivity contribution in [3.63, 3.8) is 0 Å². The number of imide groups is 1. The predicted octanol–water partition coefficient (Wildman–Crippen LogP) is 5.08. The van der Waals surface area contributed by atoms with Gasteiger partial charge in [0.2, 0.25) is 29.5 Å². The van der Waals surface area contributed by atoms with Gasteiger partial charge in [0.25, 0.3) is 0 Å². The third kappa shape index (κ3) is 18.8. The van der Waals surface area contributed by atoms with Crippen LogP contribution in [0.1, 0.15) is 91.0 Å². The Morgan fingerprint density at radius 1 is 0.874 bits per heavy atom. The summed E-state index contributed by atoms with van der Waals surface area (Å²) in [6, 6.07) is 16.0. The average molecular weight is 1350 g/mol. The standard InChI is InChI=1S/C64H74FN11O17S2/c1-33(2)50(69-48(77)22-26-90-27-24-76-49(78)29-35(4)59(76)84)58(83)66-36(5)57(82)67-40-19-17-39(38(31-40)18-21-44-52(79)53(80)54(81)55(93-44)61(87)88)32-92-64(89)74(6)23-10-12-37-16-20-43(41(65)30-37)91-25-11-15-46-51(60(85)86)70-63(95-46)75(7)47-28-34(3)56(73-72-47)71-62-68-42-13-8-9-14-45(42)94-62/h8-9,13-14,16-17,19-20,28,30-31,33,35-36,44,50,52-55,79-81H,11,15,18,21-27,29,32H2,1-7H3,(H,66,83)(H,67,82)(H,69,77)(H,85,86)(H,87,88)(H,68,71,73)/t35?,36-,44-,50-,52-,53+,54-,55-/m0/s1. The van der Waals surface area contributed by atoms with Crippen molar-refractivity contribution in [1.29, 1.82) is 0 Å². The number of halogens is 1. The highest BCUT2D eigenvalue weighted by atomic mass is 32.1. The van der Waals surface area contributed by atoms with E-state index in [1.807, 2.05) is 31.2 Å². The van der Waals surface area contributed by atoms with Crippen LogP contribution in [0, 0.1) is 36.4 Å². The number of fused-ring (bicyclic) bond motifs is 1. The van der Waals surface area contributed by atoms with Crippen LogP contribution in [-0.2, 0) is 62.4 Å². The molecular weight excluding hydrogens is 1280 g/mol. The number of carboxylic acids is 2. The lowest BCUT2D eigenvalue weighted by molar-refractivity contribution is -0.228. The molecule has 0 bridgehead atoms. The Labute approximate surface area is 553 Å². The van der Waals surface area contributed by atoms with Gasteiger partial charge in [-0.25, -0.2) is 28.7 Å². The predicted molar refractivity (Wildman–Crippen MR) is 345 cm³/mol. The van der Waals surface area contributed by atoms with E-state index in [2.05, 4.69) is 53.3 Å². The van der Waals surface area contributed by atoms with Crippen LogP contribution in [-0.4, -0.2) is 193 Å². The molecule has 6 aromatic rings. The maximum absolute atomic E-state index is 15.3. The van der Waals surface area contributed by atoms with E-state index in [1.165, 1.54) is 67.0 Å². The monoisotopic (exact) mass is 1350 g/mol. The minimum Gasteiger partial charge on any atom is -0.491 e. The number of carbonyl (C=O) groups is 8. The fourth-order valence-electron chi connectivity index (χ4n) is 10.1. The van der Waals surface area contributed by atoms with Crippen molar-refractivity contribution >= 4 is 108 Å². The van der Waals surface area contributed by atoms with Crippen LogP contribution in [0.15, 0.2) is 66.7 Å². The van der Waals surface area contributed by atoms with Gasteiger partial charge in [0.1, 0.15) is 37.0 Å². The second-order valence-corrected chi connectivity index (χ2v) is 25.2. The van der Waals surface area contributed by atoms with Gasteiger partial charge in [-0.2, -0.15) is 0 Å². The number of aryl methyl sites for hydroxylation is 3. The lowest BCUT2D eigenvalue weighted by atomic mass is 9.91. The third-order valence-electron chi connectivity index (χ3n) is 15.5. The Balaban J connectivity index is 0.818. The number of aliphatic hydroxyl groups is 3. The molecule has 0 spiro atoms. The Morgan fingerprint density at radius 3 is 2.34 bits per heavy atom. The van der Waals surface area contributed by atoms with Gasteiger partial charge in [-0.3, -0.25) is 28.9 Å². The number of ether oxygens (including phenoxy) is 4. The molecule has 2 aliphatic rings. The fraction of sp³-hybridized carbons (Fsp3) is 0.438. The molecule has 8 atom stereocenters. The van der Waals surface area contributed by atoms with Gasteiger partial charge in [0.15, 0.2) is 45.3 Å². The average Bonchev–Trinajstić information content (AvgIpc) is 1.73. The number of carbonyl (C=O) groups excluding carboxylic acids is 6. The molecular formula is C64H74FN11O17S2. The van der Waals surface area contributed by atoms with Crippen LogP contribution in [0.3, 0.4) is 0 Å². The Morgan fingerprint density at radius 2 is 1.64 bits per heavy atom. The van der Waals surface area contributed by atoms with Gasteiger partial charge in [0, 0.05) is 49.0 Å².